The number of hydrogen-bond acceptors (Lipinski definition) is 3. The van der Waals surface area contributed by atoms with Gasteiger partial charge in [-0.15, -0.1) is 11.3 Å². The Morgan fingerprint density at radius 2 is 1.75 bits per heavy atom. The average molecular weight is 350 g/mol. The van der Waals surface area contributed by atoms with Crippen LogP contribution >= 0.6 is 11.3 Å². The Bertz CT molecular complexity index is 573. The van der Waals surface area contributed by atoms with Crippen molar-refractivity contribution in [3.63, 3.8) is 0 Å². The molecule has 1 saturated carbocycles. The largest absolute Gasteiger partial charge is 0.339 e. The first-order chi connectivity index (χ1) is 11.6. The van der Waals surface area contributed by atoms with Crippen LogP contribution in [0.25, 0.3) is 0 Å². The highest BCUT2D eigenvalue weighted by Gasteiger charge is 2.29. The molecule has 2 aliphatic rings. The Kier molecular flexibility index (Phi) is 5.76. The van der Waals surface area contributed by atoms with Crippen molar-refractivity contribution >= 4 is 23.3 Å². The van der Waals surface area contributed by atoms with E-state index in [2.05, 4.69) is 24.4 Å². The highest BCUT2D eigenvalue weighted by molar-refractivity contribution is 7.11. The summed E-state index contributed by atoms with van der Waals surface area (Å²) >= 11 is 1.71. The van der Waals surface area contributed by atoms with Gasteiger partial charge in [-0.25, -0.2) is 4.79 Å². The monoisotopic (exact) mass is 349 g/mol. The molecule has 5 nitrogen and oxygen atoms in total. The van der Waals surface area contributed by atoms with E-state index in [1.54, 1.807) is 11.3 Å². The van der Waals surface area contributed by atoms with Gasteiger partial charge in [0.05, 0.1) is 6.54 Å². The maximum Gasteiger partial charge on any atom is 0.317 e. The maximum atomic E-state index is 12.6. The maximum absolute atomic E-state index is 12.6. The third-order valence-corrected chi connectivity index (χ3v) is 6.04. The lowest BCUT2D eigenvalue weighted by Gasteiger charge is -2.37. The molecule has 1 aliphatic carbocycles. The molecule has 1 aromatic rings. The van der Waals surface area contributed by atoms with Crippen molar-refractivity contribution in [1.29, 1.82) is 0 Å². The third-order valence-electron chi connectivity index (χ3n) is 5.04. The van der Waals surface area contributed by atoms with Gasteiger partial charge in [0.25, 0.3) is 0 Å². The minimum absolute atomic E-state index is 0.0224. The number of carbonyl (C=O) groups is 2. The summed E-state index contributed by atoms with van der Waals surface area (Å²) in [5, 5.41) is 2.98. The van der Waals surface area contributed by atoms with Crippen LogP contribution in [-0.4, -0.2) is 47.9 Å². The van der Waals surface area contributed by atoms with Gasteiger partial charge in [-0.1, -0.05) is 19.3 Å². The van der Waals surface area contributed by atoms with Gasteiger partial charge >= 0.3 is 6.03 Å². The van der Waals surface area contributed by atoms with Crippen LogP contribution in [0.3, 0.4) is 0 Å². The Balaban J connectivity index is 1.42. The van der Waals surface area contributed by atoms with Crippen molar-refractivity contribution in [2.24, 2.45) is 5.92 Å². The van der Waals surface area contributed by atoms with Gasteiger partial charge in [-0.2, -0.15) is 0 Å². The van der Waals surface area contributed by atoms with E-state index in [9.17, 15) is 9.59 Å². The zero-order valence-electron chi connectivity index (χ0n) is 14.4. The molecule has 2 fully saturated rings. The summed E-state index contributed by atoms with van der Waals surface area (Å²) in [5.74, 6) is 0.532. The number of amides is 3. The highest BCUT2D eigenvalue weighted by atomic mass is 32.1. The summed E-state index contributed by atoms with van der Waals surface area (Å²) in [6, 6.07) is 4.11. The molecule has 0 radical (unpaired) electrons. The van der Waals surface area contributed by atoms with Crippen LogP contribution < -0.4 is 5.32 Å². The molecule has 6 heteroatoms. The van der Waals surface area contributed by atoms with Gasteiger partial charge in [0, 0.05) is 41.9 Å². The van der Waals surface area contributed by atoms with Gasteiger partial charge < -0.3 is 15.1 Å². The van der Waals surface area contributed by atoms with Gasteiger partial charge in [-0.3, -0.25) is 4.79 Å². The summed E-state index contributed by atoms with van der Waals surface area (Å²) < 4.78 is 0. The van der Waals surface area contributed by atoms with Crippen molar-refractivity contribution in [2.45, 2.75) is 45.6 Å². The molecule has 0 bridgehead atoms. The number of rotatable bonds is 3. The topological polar surface area (TPSA) is 52.7 Å². The van der Waals surface area contributed by atoms with E-state index >= 15 is 0 Å². The van der Waals surface area contributed by atoms with E-state index in [0.717, 1.165) is 12.8 Å². The Labute approximate surface area is 148 Å². The molecule has 3 rings (SSSR count). The molecule has 3 amide bonds. The van der Waals surface area contributed by atoms with Crippen molar-refractivity contribution in [3.05, 3.63) is 21.9 Å². The summed E-state index contributed by atoms with van der Waals surface area (Å²) in [6.07, 6.45) is 5.71. The van der Waals surface area contributed by atoms with E-state index in [0.29, 0.717) is 38.6 Å². The Hall–Kier alpha value is -1.56. The molecule has 1 aliphatic heterocycles. The van der Waals surface area contributed by atoms with Crippen molar-refractivity contribution in [2.75, 3.05) is 26.2 Å². The molecule has 0 aromatic carbocycles. The number of urea groups is 1. The number of thiophene rings is 1. The zero-order chi connectivity index (χ0) is 16.9. The molecule has 0 spiro atoms. The normalized spacial score (nSPS) is 19.4. The van der Waals surface area contributed by atoms with Gasteiger partial charge in [0.1, 0.15) is 0 Å². The lowest BCUT2D eigenvalue weighted by atomic mass is 9.88. The summed E-state index contributed by atoms with van der Waals surface area (Å²) in [6.45, 7) is 5.25. The van der Waals surface area contributed by atoms with Crippen LogP contribution in [-0.2, 0) is 11.3 Å². The minimum Gasteiger partial charge on any atom is -0.339 e. The second kappa shape index (κ2) is 8.01. The van der Waals surface area contributed by atoms with Crippen LogP contribution in [0.2, 0.25) is 0 Å². The van der Waals surface area contributed by atoms with Crippen LogP contribution in [0.5, 0.6) is 0 Å². The number of aryl methyl sites for hydroxylation is 1. The number of piperazine rings is 1. The molecule has 24 heavy (non-hydrogen) atoms. The fraction of sp³-hybridized carbons (Fsp3) is 0.667. The second-order valence-corrected chi connectivity index (χ2v) is 8.19. The lowest BCUT2D eigenvalue weighted by Crippen LogP contribution is -2.54. The van der Waals surface area contributed by atoms with Crippen LogP contribution in [0.15, 0.2) is 12.1 Å². The summed E-state index contributed by atoms with van der Waals surface area (Å²) in [7, 11) is 0. The number of hydrogen-bond donors (Lipinski definition) is 1. The fourth-order valence-corrected chi connectivity index (χ4v) is 4.42. The zero-order valence-corrected chi connectivity index (χ0v) is 15.2. The number of nitrogens with zero attached hydrogens (tertiary/aromatic N) is 2. The van der Waals surface area contributed by atoms with Crippen molar-refractivity contribution < 1.29 is 9.59 Å². The number of carbonyl (C=O) groups excluding carboxylic acids is 2. The van der Waals surface area contributed by atoms with E-state index in [4.69, 9.17) is 0 Å². The van der Waals surface area contributed by atoms with E-state index < -0.39 is 0 Å². The molecular weight excluding hydrogens is 322 g/mol. The van der Waals surface area contributed by atoms with Gasteiger partial charge in [0.2, 0.25) is 5.91 Å². The SMILES string of the molecule is Cc1ccc(CNC(=O)N2CCN(C(=O)C3CCCCC3)CC2)s1. The first-order valence-electron chi connectivity index (χ1n) is 9.00. The predicted octanol–water partition coefficient (Wildman–Crippen LogP) is 2.99. The lowest BCUT2D eigenvalue weighted by molar-refractivity contribution is -0.138. The molecule has 2 heterocycles. The molecular formula is C18H27N3O2S. The van der Waals surface area contributed by atoms with Crippen molar-refractivity contribution in [1.82, 2.24) is 15.1 Å². The molecule has 0 unspecified atom stereocenters. The Morgan fingerprint density at radius 3 is 2.38 bits per heavy atom. The average Bonchev–Trinajstić information content (AvgIpc) is 3.05. The first-order valence-corrected chi connectivity index (χ1v) is 9.82. The highest BCUT2D eigenvalue weighted by Crippen LogP contribution is 2.25. The number of nitrogens with one attached hydrogen (secondary N) is 1. The summed E-state index contributed by atoms with van der Waals surface area (Å²) in [5.41, 5.74) is 0. The molecule has 1 aromatic heterocycles. The smallest absolute Gasteiger partial charge is 0.317 e. The molecule has 132 valence electrons. The predicted molar refractivity (Wildman–Crippen MR) is 96.0 cm³/mol. The van der Waals surface area contributed by atoms with Crippen LogP contribution in [0.4, 0.5) is 4.79 Å². The van der Waals surface area contributed by atoms with E-state index in [-0.39, 0.29) is 11.9 Å². The Morgan fingerprint density at radius 1 is 1.08 bits per heavy atom. The molecule has 1 N–H and O–H groups in total. The standard InChI is InChI=1S/C18H27N3O2S/c1-14-7-8-16(24-14)13-19-18(23)21-11-9-20(10-12-21)17(22)15-5-3-2-4-6-15/h7-8,15H,2-6,9-13H2,1H3,(H,19,23). The van der Waals surface area contributed by atoms with E-state index in [1.165, 1.54) is 29.0 Å². The van der Waals surface area contributed by atoms with Gasteiger partial charge in [-0.05, 0) is 31.9 Å². The van der Waals surface area contributed by atoms with Gasteiger partial charge in [0.15, 0.2) is 0 Å². The minimum atomic E-state index is -0.0224. The molecule has 1 saturated heterocycles. The third kappa shape index (κ3) is 4.29. The fourth-order valence-electron chi connectivity index (χ4n) is 3.59. The molecule has 0 atom stereocenters. The van der Waals surface area contributed by atoms with E-state index in [1.807, 2.05) is 9.80 Å². The summed E-state index contributed by atoms with van der Waals surface area (Å²) in [4.78, 5) is 31.0. The second-order valence-electron chi connectivity index (χ2n) is 6.82. The van der Waals surface area contributed by atoms with Crippen molar-refractivity contribution in [3.8, 4) is 0 Å². The van der Waals surface area contributed by atoms with Crippen LogP contribution in [0, 0.1) is 12.8 Å². The van der Waals surface area contributed by atoms with Crippen LogP contribution in [0.1, 0.15) is 41.9 Å². The quantitative estimate of drug-likeness (QED) is 0.912. The first kappa shape index (κ1) is 17.3.